The topological polar surface area (TPSA) is 88.3 Å². The van der Waals surface area contributed by atoms with Crippen molar-refractivity contribution in [1.29, 1.82) is 0 Å². The number of rotatable bonds is 4. The summed E-state index contributed by atoms with van der Waals surface area (Å²) in [5.74, 6) is -0.0407. The molecule has 2 N–H and O–H groups in total. The highest BCUT2D eigenvalue weighted by Crippen LogP contribution is 2.16. The third-order valence-corrected chi connectivity index (χ3v) is 4.32. The highest BCUT2D eigenvalue weighted by atomic mass is 35.7. The molecule has 1 fully saturated rings. The lowest BCUT2D eigenvalue weighted by atomic mass is 10.0. The van der Waals surface area contributed by atoms with E-state index in [4.69, 9.17) is 15.4 Å². The zero-order valence-corrected chi connectivity index (χ0v) is 11.8. The van der Waals surface area contributed by atoms with Gasteiger partial charge < -0.3 is 15.0 Å². The molecule has 1 aliphatic rings. The van der Waals surface area contributed by atoms with E-state index in [-0.39, 0.29) is 16.5 Å². The predicted molar refractivity (Wildman–Crippen MR) is 69.7 cm³/mol. The number of H-pyrrole nitrogens is 1. The van der Waals surface area contributed by atoms with E-state index in [1.807, 2.05) is 0 Å². The Labute approximate surface area is 115 Å². The summed E-state index contributed by atoms with van der Waals surface area (Å²) in [5.41, 5.74) is 0.177. The monoisotopic (exact) mass is 306 g/mol. The third kappa shape index (κ3) is 3.95. The van der Waals surface area contributed by atoms with Gasteiger partial charge in [-0.2, -0.15) is 0 Å². The van der Waals surface area contributed by atoms with E-state index in [9.17, 15) is 13.2 Å². The number of hydrogen-bond donors (Lipinski definition) is 2. The lowest BCUT2D eigenvalue weighted by Gasteiger charge is -2.21. The Balaban J connectivity index is 1.91. The van der Waals surface area contributed by atoms with Crippen molar-refractivity contribution in [3.8, 4) is 0 Å². The van der Waals surface area contributed by atoms with Crippen LogP contribution < -0.4 is 5.32 Å². The van der Waals surface area contributed by atoms with Gasteiger partial charge in [-0.15, -0.1) is 0 Å². The van der Waals surface area contributed by atoms with Crippen LogP contribution in [0.25, 0.3) is 0 Å². The Hall–Kier alpha value is -1.05. The van der Waals surface area contributed by atoms with Crippen molar-refractivity contribution >= 4 is 25.6 Å². The molecule has 1 amide bonds. The SMILES string of the molecule is O=C(NCC1CCCOC1)c1cc(S(=O)(=O)Cl)c[nH]1. The molecule has 19 heavy (non-hydrogen) atoms. The van der Waals surface area contributed by atoms with E-state index < -0.39 is 9.05 Å². The van der Waals surface area contributed by atoms with E-state index >= 15 is 0 Å². The number of aromatic nitrogens is 1. The van der Waals surface area contributed by atoms with Crippen LogP contribution in [0.2, 0.25) is 0 Å². The highest BCUT2D eigenvalue weighted by molar-refractivity contribution is 8.13. The van der Waals surface area contributed by atoms with Gasteiger partial charge in [0.25, 0.3) is 15.0 Å². The maximum atomic E-state index is 11.8. The lowest BCUT2D eigenvalue weighted by Crippen LogP contribution is -2.33. The summed E-state index contributed by atoms with van der Waals surface area (Å²) in [5, 5.41) is 2.75. The summed E-state index contributed by atoms with van der Waals surface area (Å²) in [7, 11) is 1.37. The molecule has 2 heterocycles. The van der Waals surface area contributed by atoms with Gasteiger partial charge in [0.05, 0.1) is 6.61 Å². The van der Waals surface area contributed by atoms with E-state index in [1.54, 1.807) is 0 Å². The van der Waals surface area contributed by atoms with Crippen LogP contribution in [0.3, 0.4) is 0 Å². The number of carbonyl (C=O) groups excluding carboxylic acids is 1. The van der Waals surface area contributed by atoms with Gasteiger partial charge in [0, 0.05) is 30.0 Å². The molecule has 0 spiro atoms. The maximum absolute atomic E-state index is 11.8. The van der Waals surface area contributed by atoms with Gasteiger partial charge >= 0.3 is 0 Å². The Morgan fingerprint density at radius 1 is 1.58 bits per heavy atom. The fourth-order valence-corrected chi connectivity index (χ4v) is 2.67. The van der Waals surface area contributed by atoms with Crippen LogP contribution in [-0.2, 0) is 13.8 Å². The molecule has 1 unspecified atom stereocenters. The number of hydrogen-bond acceptors (Lipinski definition) is 4. The second-order valence-corrected chi connectivity index (χ2v) is 7.05. The van der Waals surface area contributed by atoms with Crippen molar-refractivity contribution in [2.24, 2.45) is 5.92 Å². The average molecular weight is 307 g/mol. The average Bonchev–Trinajstić information content (AvgIpc) is 2.87. The Kier molecular flexibility index (Phi) is 4.49. The molecule has 1 aliphatic heterocycles. The first-order valence-corrected chi connectivity index (χ1v) is 8.27. The molecule has 1 aromatic heterocycles. The summed E-state index contributed by atoms with van der Waals surface area (Å²) in [4.78, 5) is 14.3. The minimum atomic E-state index is -3.81. The van der Waals surface area contributed by atoms with Gasteiger partial charge in [0.2, 0.25) is 0 Å². The van der Waals surface area contributed by atoms with Gasteiger partial charge in [-0.1, -0.05) is 0 Å². The van der Waals surface area contributed by atoms with Crippen molar-refractivity contribution in [2.75, 3.05) is 19.8 Å². The molecule has 6 nitrogen and oxygen atoms in total. The van der Waals surface area contributed by atoms with Crippen LogP contribution in [0.1, 0.15) is 23.3 Å². The molecule has 0 saturated carbocycles. The Morgan fingerprint density at radius 3 is 2.95 bits per heavy atom. The highest BCUT2D eigenvalue weighted by Gasteiger charge is 2.18. The summed E-state index contributed by atoms with van der Waals surface area (Å²) in [6.07, 6.45) is 3.21. The van der Waals surface area contributed by atoms with Gasteiger partial charge in [0.1, 0.15) is 10.6 Å². The molecule has 0 aliphatic carbocycles. The predicted octanol–water partition coefficient (Wildman–Crippen LogP) is 1.10. The molecule has 1 aromatic rings. The maximum Gasteiger partial charge on any atom is 0.267 e. The van der Waals surface area contributed by atoms with Crippen LogP contribution in [0.4, 0.5) is 0 Å². The first-order valence-electron chi connectivity index (χ1n) is 5.96. The van der Waals surface area contributed by atoms with Crippen LogP contribution in [0, 0.1) is 5.92 Å². The van der Waals surface area contributed by atoms with Crippen LogP contribution in [0.5, 0.6) is 0 Å². The largest absolute Gasteiger partial charge is 0.381 e. The van der Waals surface area contributed by atoms with Crippen molar-refractivity contribution in [2.45, 2.75) is 17.7 Å². The molecule has 0 radical (unpaired) electrons. The molecule has 1 saturated heterocycles. The minimum Gasteiger partial charge on any atom is -0.381 e. The second kappa shape index (κ2) is 5.94. The summed E-state index contributed by atoms with van der Waals surface area (Å²) in [6, 6.07) is 1.22. The van der Waals surface area contributed by atoms with Crippen LogP contribution >= 0.6 is 10.7 Å². The number of ether oxygens (including phenoxy) is 1. The molecule has 0 bridgehead atoms. The zero-order chi connectivity index (χ0) is 13.9. The Bertz CT molecular complexity index is 549. The molecule has 0 aromatic carbocycles. The second-order valence-electron chi connectivity index (χ2n) is 4.48. The summed E-state index contributed by atoms with van der Waals surface area (Å²) >= 11 is 0. The van der Waals surface area contributed by atoms with Gasteiger partial charge in [-0.25, -0.2) is 8.42 Å². The minimum absolute atomic E-state index is 0.111. The van der Waals surface area contributed by atoms with Gasteiger partial charge in [-0.05, 0) is 24.8 Å². The van der Waals surface area contributed by atoms with Crippen molar-refractivity contribution in [3.63, 3.8) is 0 Å². The molecule has 8 heteroatoms. The lowest BCUT2D eigenvalue weighted by molar-refractivity contribution is 0.0536. The van der Waals surface area contributed by atoms with E-state index in [2.05, 4.69) is 10.3 Å². The Morgan fingerprint density at radius 2 is 2.37 bits per heavy atom. The summed E-state index contributed by atoms with van der Waals surface area (Å²) < 4.78 is 27.5. The van der Waals surface area contributed by atoms with E-state index in [0.29, 0.717) is 19.1 Å². The third-order valence-electron chi connectivity index (χ3n) is 2.99. The smallest absolute Gasteiger partial charge is 0.267 e. The number of aromatic amines is 1. The number of carbonyl (C=O) groups is 1. The van der Waals surface area contributed by atoms with Crippen molar-refractivity contribution in [1.82, 2.24) is 10.3 Å². The molecular formula is C11H15ClN2O4S. The van der Waals surface area contributed by atoms with Crippen molar-refractivity contribution in [3.05, 3.63) is 18.0 Å². The van der Waals surface area contributed by atoms with Gasteiger partial charge in [-0.3, -0.25) is 4.79 Å². The molecule has 2 rings (SSSR count). The molecule has 106 valence electrons. The number of nitrogens with one attached hydrogen (secondary N) is 2. The first-order chi connectivity index (χ1) is 8.97. The molecular weight excluding hydrogens is 292 g/mol. The summed E-state index contributed by atoms with van der Waals surface area (Å²) in [6.45, 7) is 1.94. The fourth-order valence-electron chi connectivity index (χ4n) is 1.95. The fraction of sp³-hybridized carbons (Fsp3) is 0.545. The quantitative estimate of drug-likeness (QED) is 0.815. The first kappa shape index (κ1) is 14.4. The van der Waals surface area contributed by atoms with Crippen molar-refractivity contribution < 1.29 is 17.9 Å². The van der Waals surface area contributed by atoms with Gasteiger partial charge in [0.15, 0.2) is 0 Å². The van der Waals surface area contributed by atoms with E-state index in [1.165, 1.54) is 12.3 Å². The normalized spacial score (nSPS) is 20.2. The van der Waals surface area contributed by atoms with E-state index in [0.717, 1.165) is 19.4 Å². The number of amides is 1. The number of halogens is 1. The standard InChI is InChI=1S/C11H15ClN2O4S/c12-19(16,17)9-4-10(13-6-9)11(15)14-5-8-2-1-3-18-7-8/h4,6,8,13H,1-3,5,7H2,(H,14,15). The van der Waals surface area contributed by atoms with Crippen LogP contribution in [-0.4, -0.2) is 39.1 Å². The van der Waals surface area contributed by atoms with Crippen LogP contribution in [0.15, 0.2) is 17.2 Å². The zero-order valence-electron chi connectivity index (χ0n) is 10.2. The molecule has 1 atom stereocenters.